The molecule has 0 aliphatic carbocycles. The Labute approximate surface area is 121 Å². The number of allylic oxidation sites excluding steroid dienone is 1. The van der Waals surface area contributed by atoms with Crippen molar-refractivity contribution in [3.05, 3.63) is 72.3 Å². The number of para-hydroxylation sites is 1. The van der Waals surface area contributed by atoms with Gasteiger partial charge in [-0.2, -0.15) is 8.42 Å². The number of halogens is 2. The Morgan fingerprint density at radius 2 is 1.67 bits per heavy atom. The molecule has 0 N–H and O–H groups in total. The molecule has 2 rings (SSSR count). The lowest BCUT2D eigenvalue weighted by atomic mass is 10.1. The minimum Gasteiger partial charge on any atom is -0.379 e. The number of benzene rings is 2. The molecule has 0 heterocycles. The summed E-state index contributed by atoms with van der Waals surface area (Å²) in [6, 6.07) is 9.11. The van der Waals surface area contributed by atoms with E-state index in [1.165, 1.54) is 6.07 Å². The number of hydrogen-bond acceptors (Lipinski definition) is 3. The molecule has 0 bridgehead atoms. The van der Waals surface area contributed by atoms with E-state index in [1.54, 1.807) is 24.3 Å². The van der Waals surface area contributed by atoms with Gasteiger partial charge in [-0.05, 0) is 30.2 Å². The normalized spacial score (nSPS) is 11.1. The molecule has 0 unspecified atom stereocenters. The van der Waals surface area contributed by atoms with Crippen LogP contribution >= 0.6 is 0 Å². The van der Waals surface area contributed by atoms with Crippen LogP contribution < -0.4 is 4.18 Å². The maximum absolute atomic E-state index is 13.6. The standard InChI is InChI=1S/C15H12F2O3S/c1-2-6-11-7-3-4-10-14(11)20-21(18,19)15-12(16)8-5-9-13(15)17/h2-5,7-10H,1,6H2. The fraction of sp³-hybridized carbons (Fsp3) is 0.0667. The molecule has 0 spiro atoms. The van der Waals surface area contributed by atoms with Gasteiger partial charge in [-0.25, -0.2) is 8.78 Å². The van der Waals surface area contributed by atoms with Crippen LogP contribution in [0.3, 0.4) is 0 Å². The molecule has 0 fully saturated rings. The molecule has 0 aliphatic heterocycles. The highest BCUT2D eigenvalue weighted by molar-refractivity contribution is 7.87. The van der Waals surface area contributed by atoms with Gasteiger partial charge in [-0.1, -0.05) is 30.3 Å². The SMILES string of the molecule is C=CCc1ccccc1OS(=O)(=O)c1c(F)cccc1F. The topological polar surface area (TPSA) is 43.4 Å². The maximum atomic E-state index is 13.6. The van der Waals surface area contributed by atoms with E-state index in [-0.39, 0.29) is 5.75 Å². The zero-order valence-electron chi connectivity index (χ0n) is 10.9. The Kier molecular flexibility index (Phi) is 4.37. The van der Waals surface area contributed by atoms with Crippen molar-refractivity contribution in [1.82, 2.24) is 0 Å². The molecule has 0 aliphatic rings. The predicted molar refractivity (Wildman–Crippen MR) is 74.5 cm³/mol. The maximum Gasteiger partial charge on any atom is 0.345 e. The van der Waals surface area contributed by atoms with Gasteiger partial charge in [-0.3, -0.25) is 0 Å². The summed E-state index contributed by atoms with van der Waals surface area (Å²) in [5.41, 5.74) is 0.549. The van der Waals surface area contributed by atoms with E-state index in [9.17, 15) is 17.2 Å². The lowest BCUT2D eigenvalue weighted by molar-refractivity contribution is 0.458. The summed E-state index contributed by atoms with van der Waals surface area (Å²) in [6.07, 6.45) is 1.93. The average Bonchev–Trinajstić information content (AvgIpc) is 2.40. The van der Waals surface area contributed by atoms with Crippen LogP contribution in [0, 0.1) is 11.6 Å². The quantitative estimate of drug-likeness (QED) is 0.627. The minimum atomic E-state index is -4.60. The van der Waals surface area contributed by atoms with Gasteiger partial charge < -0.3 is 4.18 Å². The van der Waals surface area contributed by atoms with Crippen LogP contribution in [0.2, 0.25) is 0 Å². The van der Waals surface area contributed by atoms with Gasteiger partial charge in [0.2, 0.25) is 0 Å². The van der Waals surface area contributed by atoms with Crippen LogP contribution in [0.15, 0.2) is 60.0 Å². The average molecular weight is 310 g/mol. The van der Waals surface area contributed by atoms with Crippen molar-refractivity contribution in [2.45, 2.75) is 11.3 Å². The van der Waals surface area contributed by atoms with E-state index in [4.69, 9.17) is 4.18 Å². The van der Waals surface area contributed by atoms with Crippen molar-refractivity contribution in [3.63, 3.8) is 0 Å². The molecule has 0 radical (unpaired) electrons. The zero-order valence-corrected chi connectivity index (χ0v) is 11.7. The second-order valence-electron chi connectivity index (χ2n) is 4.19. The van der Waals surface area contributed by atoms with Gasteiger partial charge in [0.1, 0.15) is 17.4 Å². The third kappa shape index (κ3) is 3.28. The second-order valence-corrected chi connectivity index (χ2v) is 5.67. The van der Waals surface area contributed by atoms with Gasteiger partial charge >= 0.3 is 10.1 Å². The van der Waals surface area contributed by atoms with Gasteiger partial charge in [-0.15, -0.1) is 6.58 Å². The van der Waals surface area contributed by atoms with Crippen LogP contribution in [0.4, 0.5) is 8.78 Å². The van der Waals surface area contributed by atoms with Crippen LogP contribution in [0.5, 0.6) is 5.75 Å². The fourth-order valence-electron chi connectivity index (χ4n) is 1.79. The molecular formula is C15H12F2O3S. The summed E-state index contributed by atoms with van der Waals surface area (Å²) in [5, 5.41) is 0. The number of hydrogen-bond donors (Lipinski definition) is 0. The van der Waals surface area contributed by atoms with Crippen LogP contribution in [0.1, 0.15) is 5.56 Å². The first-order chi connectivity index (χ1) is 9.95. The van der Waals surface area contributed by atoms with E-state index in [0.717, 1.165) is 18.2 Å². The third-order valence-electron chi connectivity index (χ3n) is 2.71. The van der Waals surface area contributed by atoms with Crippen molar-refractivity contribution in [3.8, 4) is 5.75 Å². The minimum absolute atomic E-state index is 0.0139. The first kappa shape index (κ1) is 15.2. The second kappa shape index (κ2) is 6.05. The fourth-order valence-corrected chi connectivity index (χ4v) is 2.89. The largest absolute Gasteiger partial charge is 0.379 e. The van der Waals surface area contributed by atoms with Crippen molar-refractivity contribution >= 4 is 10.1 Å². The van der Waals surface area contributed by atoms with Gasteiger partial charge in [0, 0.05) is 0 Å². The summed E-state index contributed by atoms with van der Waals surface area (Å²) in [6.45, 7) is 3.55. The monoisotopic (exact) mass is 310 g/mol. The molecular weight excluding hydrogens is 298 g/mol. The molecule has 21 heavy (non-hydrogen) atoms. The lowest BCUT2D eigenvalue weighted by Gasteiger charge is -2.11. The summed E-state index contributed by atoms with van der Waals surface area (Å²) >= 11 is 0. The summed E-state index contributed by atoms with van der Waals surface area (Å²) in [7, 11) is -4.60. The lowest BCUT2D eigenvalue weighted by Crippen LogP contribution is -2.14. The van der Waals surface area contributed by atoms with E-state index < -0.39 is 26.6 Å². The molecule has 0 saturated heterocycles. The van der Waals surface area contributed by atoms with Gasteiger partial charge in [0.15, 0.2) is 4.90 Å². The van der Waals surface area contributed by atoms with Crippen molar-refractivity contribution < 1.29 is 21.4 Å². The predicted octanol–water partition coefficient (Wildman–Crippen LogP) is 3.46. The van der Waals surface area contributed by atoms with E-state index in [2.05, 4.69) is 6.58 Å². The molecule has 110 valence electrons. The van der Waals surface area contributed by atoms with Crippen molar-refractivity contribution in [2.75, 3.05) is 0 Å². The zero-order chi connectivity index (χ0) is 15.5. The van der Waals surface area contributed by atoms with E-state index in [0.29, 0.717) is 12.0 Å². The molecule has 0 saturated carbocycles. The van der Waals surface area contributed by atoms with Crippen LogP contribution in [-0.4, -0.2) is 8.42 Å². The highest BCUT2D eigenvalue weighted by Crippen LogP contribution is 2.26. The van der Waals surface area contributed by atoms with E-state index >= 15 is 0 Å². The molecule has 2 aromatic carbocycles. The molecule has 2 aromatic rings. The van der Waals surface area contributed by atoms with Gasteiger partial charge in [0.25, 0.3) is 0 Å². The highest BCUT2D eigenvalue weighted by atomic mass is 32.2. The van der Waals surface area contributed by atoms with Crippen LogP contribution in [0.25, 0.3) is 0 Å². The molecule has 3 nitrogen and oxygen atoms in total. The van der Waals surface area contributed by atoms with Crippen LogP contribution in [-0.2, 0) is 16.5 Å². The van der Waals surface area contributed by atoms with E-state index in [1.807, 2.05) is 0 Å². The Balaban J connectivity index is 2.45. The smallest absolute Gasteiger partial charge is 0.345 e. The first-order valence-corrected chi connectivity index (χ1v) is 7.44. The highest BCUT2D eigenvalue weighted by Gasteiger charge is 2.26. The molecule has 0 atom stereocenters. The first-order valence-electron chi connectivity index (χ1n) is 6.03. The molecule has 0 aromatic heterocycles. The Hall–Kier alpha value is -2.21. The summed E-state index contributed by atoms with van der Waals surface area (Å²) in [4.78, 5) is -1.10. The third-order valence-corrected chi connectivity index (χ3v) is 3.99. The van der Waals surface area contributed by atoms with Crippen molar-refractivity contribution in [2.24, 2.45) is 0 Å². The van der Waals surface area contributed by atoms with Gasteiger partial charge in [0.05, 0.1) is 0 Å². The Morgan fingerprint density at radius 1 is 1.05 bits per heavy atom. The molecule has 6 heteroatoms. The summed E-state index contributed by atoms with van der Waals surface area (Å²) < 4.78 is 56.2. The summed E-state index contributed by atoms with van der Waals surface area (Å²) in [5.74, 6) is -2.38. The van der Waals surface area contributed by atoms with Crippen molar-refractivity contribution in [1.29, 1.82) is 0 Å². The molecule has 0 amide bonds. The number of rotatable bonds is 5. The Morgan fingerprint density at radius 3 is 2.29 bits per heavy atom. The Bertz CT molecular complexity index is 750.